The van der Waals surface area contributed by atoms with Crippen LogP contribution >= 0.6 is 0 Å². The lowest BCUT2D eigenvalue weighted by Crippen LogP contribution is -1.89. The molecule has 16 heavy (non-hydrogen) atoms. The minimum atomic E-state index is 0.264. The number of benzene rings is 1. The van der Waals surface area contributed by atoms with E-state index in [4.69, 9.17) is 0 Å². The van der Waals surface area contributed by atoms with Crippen molar-refractivity contribution in [1.29, 1.82) is 0 Å². The number of Topliss-reactive ketones (excluding diaryl/α,β-unsaturated/α-hetero) is 1. The highest BCUT2D eigenvalue weighted by Crippen LogP contribution is 2.20. The van der Waals surface area contributed by atoms with Crippen LogP contribution in [-0.4, -0.2) is 5.78 Å². The van der Waals surface area contributed by atoms with Gasteiger partial charge in [0.25, 0.3) is 0 Å². The van der Waals surface area contributed by atoms with E-state index in [9.17, 15) is 4.79 Å². The molecule has 0 aliphatic rings. The number of hydrogen-bond acceptors (Lipinski definition) is 1. The largest absolute Gasteiger partial charge is 0.300 e. The highest BCUT2D eigenvalue weighted by Gasteiger charge is 1.99. The van der Waals surface area contributed by atoms with E-state index < -0.39 is 0 Å². The van der Waals surface area contributed by atoms with Gasteiger partial charge in [0.15, 0.2) is 0 Å². The fourth-order valence-corrected chi connectivity index (χ4v) is 1.74. The summed E-state index contributed by atoms with van der Waals surface area (Å²) in [6.45, 7) is 3.83. The monoisotopic (exact) mass is 216 g/mol. The number of carbonyl (C=O) groups excluding carboxylic acids is 1. The Labute approximate surface area is 98.2 Å². The fraction of sp³-hybridized carbons (Fsp3) is 0.400. The third kappa shape index (κ3) is 4.43. The van der Waals surface area contributed by atoms with E-state index in [0.29, 0.717) is 6.42 Å². The van der Waals surface area contributed by atoms with Crippen LogP contribution in [0.25, 0.3) is 5.57 Å². The van der Waals surface area contributed by atoms with E-state index in [1.807, 2.05) is 6.07 Å². The van der Waals surface area contributed by atoms with E-state index in [2.05, 4.69) is 37.3 Å². The number of allylic oxidation sites excluding steroid dienone is 2. The van der Waals surface area contributed by atoms with Gasteiger partial charge in [-0.2, -0.15) is 0 Å². The lowest BCUT2D eigenvalue weighted by Gasteiger charge is -2.06. The van der Waals surface area contributed by atoms with Crippen LogP contribution in [0.3, 0.4) is 0 Å². The van der Waals surface area contributed by atoms with Gasteiger partial charge in [0.05, 0.1) is 0 Å². The van der Waals surface area contributed by atoms with E-state index in [-0.39, 0.29) is 5.78 Å². The summed E-state index contributed by atoms with van der Waals surface area (Å²) in [5, 5.41) is 0. The van der Waals surface area contributed by atoms with Gasteiger partial charge in [-0.3, -0.25) is 0 Å². The first-order valence-corrected chi connectivity index (χ1v) is 5.98. The maximum Gasteiger partial charge on any atom is 0.130 e. The summed E-state index contributed by atoms with van der Waals surface area (Å²) in [4.78, 5) is 10.9. The van der Waals surface area contributed by atoms with E-state index in [1.165, 1.54) is 11.1 Å². The second-order valence-electron chi connectivity index (χ2n) is 4.09. The fourth-order valence-electron chi connectivity index (χ4n) is 1.74. The van der Waals surface area contributed by atoms with Crippen molar-refractivity contribution >= 4 is 11.4 Å². The van der Waals surface area contributed by atoms with Gasteiger partial charge in [-0.15, -0.1) is 0 Å². The summed E-state index contributed by atoms with van der Waals surface area (Å²) in [6.07, 6.45) is 5.95. The van der Waals surface area contributed by atoms with E-state index >= 15 is 0 Å². The van der Waals surface area contributed by atoms with E-state index in [1.54, 1.807) is 6.92 Å². The summed E-state index contributed by atoms with van der Waals surface area (Å²) in [5.41, 5.74) is 2.65. The molecule has 0 saturated heterocycles. The lowest BCUT2D eigenvalue weighted by atomic mass is 9.99. The molecule has 0 N–H and O–H groups in total. The third-order valence-electron chi connectivity index (χ3n) is 2.55. The molecule has 0 heterocycles. The van der Waals surface area contributed by atoms with Crippen LogP contribution in [0.2, 0.25) is 0 Å². The first-order chi connectivity index (χ1) is 7.74. The molecule has 0 aliphatic carbocycles. The predicted molar refractivity (Wildman–Crippen MR) is 69.2 cm³/mol. The van der Waals surface area contributed by atoms with Gasteiger partial charge in [-0.25, -0.2) is 0 Å². The molecule has 0 atom stereocenters. The smallest absolute Gasteiger partial charge is 0.130 e. The molecule has 0 aliphatic heterocycles. The Balaban J connectivity index is 2.71. The molecule has 0 radical (unpaired) electrons. The minimum absolute atomic E-state index is 0.264. The van der Waals surface area contributed by atoms with Crippen molar-refractivity contribution in [2.45, 2.75) is 39.5 Å². The molecule has 1 aromatic carbocycles. The highest BCUT2D eigenvalue weighted by molar-refractivity contribution is 5.76. The maximum absolute atomic E-state index is 10.9. The van der Waals surface area contributed by atoms with Crippen LogP contribution in [0.4, 0.5) is 0 Å². The first kappa shape index (κ1) is 12.7. The Morgan fingerprint density at radius 3 is 2.44 bits per heavy atom. The molecular formula is C15H20O. The molecule has 0 unspecified atom stereocenters. The van der Waals surface area contributed by atoms with Gasteiger partial charge >= 0.3 is 0 Å². The third-order valence-corrected chi connectivity index (χ3v) is 2.55. The van der Waals surface area contributed by atoms with Gasteiger partial charge in [-0.05, 0) is 30.9 Å². The van der Waals surface area contributed by atoms with Crippen LogP contribution in [-0.2, 0) is 4.79 Å². The molecule has 0 spiro atoms. The number of ketones is 1. The topological polar surface area (TPSA) is 17.1 Å². The Morgan fingerprint density at radius 1 is 1.19 bits per heavy atom. The lowest BCUT2D eigenvalue weighted by molar-refractivity contribution is -0.116. The molecule has 0 aromatic heterocycles. The molecule has 1 rings (SSSR count). The molecule has 1 heteroatoms. The molecule has 0 amide bonds. The summed E-state index contributed by atoms with van der Waals surface area (Å²) in [6, 6.07) is 10.4. The van der Waals surface area contributed by atoms with Gasteiger partial charge in [0.2, 0.25) is 0 Å². The van der Waals surface area contributed by atoms with Gasteiger partial charge in [-0.1, -0.05) is 49.8 Å². The van der Waals surface area contributed by atoms with Crippen molar-refractivity contribution in [2.24, 2.45) is 0 Å². The Kier molecular flexibility index (Phi) is 5.55. The molecule has 0 bridgehead atoms. The average Bonchev–Trinajstić information content (AvgIpc) is 2.29. The number of rotatable bonds is 6. The Hall–Kier alpha value is -1.37. The van der Waals surface area contributed by atoms with Crippen LogP contribution in [0, 0.1) is 0 Å². The van der Waals surface area contributed by atoms with Crippen molar-refractivity contribution in [3.63, 3.8) is 0 Å². The van der Waals surface area contributed by atoms with Crippen molar-refractivity contribution in [1.82, 2.24) is 0 Å². The van der Waals surface area contributed by atoms with Gasteiger partial charge in [0, 0.05) is 6.42 Å². The quantitative estimate of drug-likeness (QED) is 0.695. The summed E-state index contributed by atoms with van der Waals surface area (Å²) >= 11 is 0. The molecule has 1 aromatic rings. The summed E-state index contributed by atoms with van der Waals surface area (Å²) in [7, 11) is 0. The van der Waals surface area contributed by atoms with Crippen LogP contribution in [0.15, 0.2) is 36.4 Å². The second kappa shape index (κ2) is 7.00. The highest BCUT2D eigenvalue weighted by atomic mass is 16.1. The molecule has 0 fully saturated rings. The zero-order valence-corrected chi connectivity index (χ0v) is 10.2. The normalized spacial score (nSPS) is 11.5. The Bertz CT molecular complexity index is 349. The summed E-state index contributed by atoms with van der Waals surface area (Å²) in [5.74, 6) is 0.264. The van der Waals surface area contributed by atoms with Gasteiger partial charge in [0.1, 0.15) is 5.78 Å². The summed E-state index contributed by atoms with van der Waals surface area (Å²) < 4.78 is 0. The second-order valence-corrected chi connectivity index (χ2v) is 4.09. The van der Waals surface area contributed by atoms with E-state index in [0.717, 1.165) is 19.3 Å². The average molecular weight is 216 g/mol. The maximum atomic E-state index is 10.9. The van der Waals surface area contributed by atoms with Gasteiger partial charge < -0.3 is 4.79 Å². The molecule has 1 nitrogen and oxygen atoms in total. The zero-order chi connectivity index (χ0) is 11.8. The molecule has 0 saturated carbocycles. The van der Waals surface area contributed by atoms with Crippen molar-refractivity contribution < 1.29 is 4.79 Å². The van der Waals surface area contributed by atoms with Crippen molar-refractivity contribution in [3.8, 4) is 0 Å². The SMILES string of the molecule is CCCC(=CCCC(C)=O)c1ccccc1. The Morgan fingerprint density at radius 2 is 1.88 bits per heavy atom. The zero-order valence-electron chi connectivity index (χ0n) is 10.2. The minimum Gasteiger partial charge on any atom is -0.300 e. The number of carbonyl (C=O) groups is 1. The molecule has 86 valence electrons. The molecular weight excluding hydrogens is 196 g/mol. The number of hydrogen-bond donors (Lipinski definition) is 0. The first-order valence-electron chi connectivity index (χ1n) is 5.98. The standard InChI is InChI=1S/C15H20O/c1-3-8-14(12-7-9-13(2)16)15-10-5-4-6-11-15/h4-6,10-12H,3,7-9H2,1-2H3. The van der Waals surface area contributed by atoms with Crippen molar-refractivity contribution in [2.75, 3.05) is 0 Å². The van der Waals surface area contributed by atoms with Crippen LogP contribution in [0.5, 0.6) is 0 Å². The van der Waals surface area contributed by atoms with Crippen LogP contribution < -0.4 is 0 Å². The van der Waals surface area contributed by atoms with Crippen LogP contribution in [0.1, 0.15) is 45.1 Å². The van der Waals surface area contributed by atoms with Crippen molar-refractivity contribution in [3.05, 3.63) is 42.0 Å². The predicted octanol–water partition coefficient (Wildman–Crippen LogP) is 4.24.